The summed E-state index contributed by atoms with van der Waals surface area (Å²) in [7, 11) is 2.96. The van der Waals surface area contributed by atoms with Gasteiger partial charge in [-0.1, -0.05) is 0 Å². The standard InChI is InChI=1S/C13H20O6/c1-12(2)17-8-9(18-12)13(19-11(8)16-4)6-5-7(13)10(14)15-3/h7-9,11H,5-6H2,1-4H3/t7-,8?,9?,11?,13+/m0/s1. The number of carbonyl (C=O) groups excluding carboxylic acids is 1. The highest BCUT2D eigenvalue weighted by Gasteiger charge is 2.70. The second-order valence-electron chi connectivity index (χ2n) is 5.81. The van der Waals surface area contributed by atoms with Crippen molar-refractivity contribution in [3.8, 4) is 0 Å². The maximum absolute atomic E-state index is 11.9. The fourth-order valence-electron chi connectivity index (χ4n) is 3.41. The van der Waals surface area contributed by atoms with E-state index in [2.05, 4.69) is 0 Å². The molecule has 3 fully saturated rings. The molecular formula is C13H20O6. The molecule has 2 heterocycles. The Morgan fingerprint density at radius 1 is 1.21 bits per heavy atom. The topological polar surface area (TPSA) is 63.2 Å². The van der Waals surface area contributed by atoms with Gasteiger partial charge in [0, 0.05) is 7.11 Å². The lowest BCUT2D eigenvalue weighted by Gasteiger charge is -2.47. The van der Waals surface area contributed by atoms with Crippen LogP contribution in [0.3, 0.4) is 0 Å². The van der Waals surface area contributed by atoms with Crippen molar-refractivity contribution in [3.63, 3.8) is 0 Å². The van der Waals surface area contributed by atoms with Crippen LogP contribution in [0.25, 0.3) is 0 Å². The van der Waals surface area contributed by atoms with Crippen LogP contribution in [-0.4, -0.2) is 50.1 Å². The van der Waals surface area contributed by atoms with E-state index >= 15 is 0 Å². The monoisotopic (exact) mass is 272 g/mol. The molecule has 0 N–H and O–H groups in total. The van der Waals surface area contributed by atoms with E-state index in [-0.39, 0.29) is 24.1 Å². The number of carbonyl (C=O) groups is 1. The largest absolute Gasteiger partial charge is 0.469 e. The molecular weight excluding hydrogens is 252 g/mol. The van der Waals surface area contributed by atoms with Gasteiger partial charge in [-0.05, 0) is 26.7 Å². The molecule has 6 heteroatoms. The van der Waals surface area contributed by atoms with Gasteiger partial charge in [0.2, 0.25) is 0 Å². The van der Waals surface area contributed by atoms with E-state index in [4.69, 9.17) is 23.7 Å². The predicted molar refractivity (Wildman–Crippen MR) is 63.2 cm³/mol. The Morgan fingerprint density at radius 3 is 2.47 bits per heavy atom. The minimum absolute atomic E-state index is 0.255. The Balaban J connectivity index is 1.89. The molecule has 0 bridgehead atoms. The van der Waals surface area contributed by atoms with Crippen molar-refractivity contribution in [2.75, 3.05) is 14.2 Å². The molecule has 2 saturated heterocycles. The summed E-state index contributed by atoms with van der Waals surface area (Å²) in [6.45, 7) is 3.72. The molecule has 1 spiro atoms. The normalized spacial score (nSPS) is 46.9. The van der Waals surface area contributed by atoms with Gasteiger partial charge in [0.05, 0.1) is 13.0 Å². The summed E-state index contributed by atoms with van der Waals surface area (Å²) < 4.78 is 27.9. The zero-order valence-corrected chi connectivity index (χ0v) is 11.7. The number of hydrogen-bond acceptors (Lipinski definition) is 6. The van der Waals surface area contributed by atoms with Crippen LogP contribution >= 0.6 is 0 Å². The van der Waals surface area contributed by atoms with Crippen LogP contribution in [0.4, 0.5) is 0 Å². The Bertz CT molecular complexity index is 395. The van der Waals surface area contributed by atoms with E-state index in [0.717, 1.165) is 12.8 Å². The Morgan fingerprint density at radius 2 is 1.95 bits per heavy atom. The number of fused-ring (bicyclic) bond motifs is 2. The maximum Gasteiger partial charge on any atom is 0.311 e. The van der Waals surface area contributed by atoms with E-state index in [1.807, 2.05) is 13.8 Å². The molecule has 3 aliphatic rings. The molecule has 5 atom stereocenters. The zero-order chi connectivity index (χ0) is 13.8. The number of hydrogen-bond donors (Lipinski definition) is 0. The summed E-state index contributed by atoms with van der Waals surface area (Å²) >= 11 is 0. The zero-order valence-electron chi connectivity index (χ0n) is 11.7. The van der Waals surface area contributed by atoms with Crippen LogP contribution in [-0.2, 0) is 28.5 Å². The lowest BCUT2D eigenvalue weighted by molar-refractivity contribution is -0.279. The fourth-order valence-corrected chi connectivity index (χ4v) is 3.41. The van der Waals surface area contributed by atoms with E-state index in [1.165, 1.54) is 7.11 Å². The van der Waals surface area contributed by atoms with Gasteiger partial charge in [-0.3, -0.25) is 4.79 Å². The Kier molecular flexibility index (Phi) is 2.91. The first kappa shape index (κ1) is 13.3. The molecule has 1 saturated carbocycles. The van der Waals surface area contributed by atoms with Gasteiger partial charge in [-0.25, -0.2) is 0 Å². The Labute approximate surface area is 112 Å². The minimum Gasteiger partial charge on any atom is -0.469 e. The summed E-state index contributed by atoms with van der Waals surface area (Å²) in [6.07, 6.45) is 0.417. The minimum atomic E-state index is -0.681. The van der Waals surface area contributed by atoms with Crippen molar-refractivity contribution in [1.29, 1.82) is 0 Å². The van der Waals surface area contributed by atoms with Crippen LogP contribution in [0.5, 0.6) is 0 Å². The van der Waals surface area contributed by atoms with E-state index in [0.29, 0.717) is 0 Å². The number of ether oxygens (including phenoxy) is 5. The van der Waals surface area contributed by atoms with Crippen LogP contribution in [0.2, 0.25) is 0 Å². The molecule has 3 unspecified atom stereocenters. The molecule has 2 aliphatic heterocycles. The van der Waals surface area contributed by atoms with Gasteiger partial charge in [0.1, 0.15) is 17.8 Å². The third kappa shape index (κ3) is 1.74. The van der Waals surface area contributed by atoms with Gasteiger partial charge in [0.15, 0.2) is 12.1 Å². The SMILES string of the molecule is COC(=O)[C@@H]1CC[C@@]12OC(OC)C1OC(C)(C)OC12. The van der Waals surface area contributed by atoms with Gasteiger partial charge >= 0.3 is 5.97 Å². The fraction of sp³-hybridized carbons (Fsp3) is 0.923. The quantitative estimate of drug-likeness (QED) is 0.694. The summed E-state index contributed by atoms with van der Waals surface area (Å²) in [5.41, 5.74) is -0.661. The van der Waals surface area contributed by atoms with Crippen molar-refractivity contribution >= 4 is 5.97 Å². The number of methoxy groups -OCH3 is 2. The van der Waals surface area contributed by atoms with E-state index in [1.54, 1.807) is 7.11 Å². The highest BCUT2D eigenvalue weighted by Crippen LogP contribution is 2.56. The van der Waals surface area contributed by atoms with Gasteiger partial charge in [0.25, 0.3) is 0 Å². The smallest absolute Gasteiger partial charge is 0.311 e. The van der Waals surface area contributed by atoms with Gasteiger partial charge in [-0.15, -0.1) is 0 Å². The molecule has 0 aromatic rings. The first-order valence-corrected chi connectivity index (χ1v) is 6.57. The third-order valence-corrected chi connectivity index (χ3v) is 4.35. The molecule has 0 radical (unpaired) electrons. The highest BCUT2D eigenvalue weighted by atomic mass is 16.8. The van der Waals surface area contributed by atoms with Crippen LogP contribution in [0.1, 0.15) is 26.7 Å². The third-order valence-electron chi connectivity index (χ3n) is 4.35. The summed E-state index contributed by atoms with van der Waals surface area (Å²) in [5, 5.41) is 0. The maximum atomic E-state index is 11.9. The molecule has 19 heavy (non-hydrogen) atoms. The number of rotatable bonds is 2. The average molecular weight is 272 g/mol. The van der Waals surface area contributed by atoms with Crippen LogP contribution in [0.15, 0.2) is 0 Å². The van der Waals surface area contributed by atoms with Crippen molar-refractivity contribution in [3.05, 3.63) is 0 Å². The molecule has 1 aliphatic carbocycles. The Hall–Kier alpha value is -0.690. The molecule has 108 valence electrons. The molecule has 0 aromatic heterocycles. The van der Waals surface area contributed by atoms with Crippen LogP contribution < -0.4 is 0 Å². The lowest BCUT2D eigenvalue weighted by Crippen LogP contribution is -2.59. The highest BCUT2D eigenvalue weighted by molar-refractivity contribution is 5.75. The first-order chi connectivity index (χ1) is 8.93. The molecule has 3 rings (SSSR count). The van der Waals surface area contributed by atoms with Gasteiger partial charge < -0.3 is 23.7 Å². The summed E-state index contributed by atoms with van der Waals surface area (Å²) in [6, 6.07) is 0. The van der Waals surface area contributed by atoms with Gasteiger partial charge in [-0.2, -0.15) is 0 Å². The molecule has 0 amide bonds. The first-order valence-electron chi connectivity index (χ1n) is 6.57. The molecule has 0 aromatic carbocycles. The van der Waals surface area contributed by atoms with E-state index < -0.39 is 17.7 Å². The van der Waals surface area contributed by atoms with Crippen molar-refractivity contribution in [2.45, 2.75) is 56.6 Å². The number of esters is 1. The summed E-state index contributed by atoms with van der Waals surface area (Å²) in [4.78, 5) is 11.9. The van der Waals surface area contributed by atoms with E-state index in [9.17, 15) is 4.79 Å². The predicted octanol–water partition coefficient (Wildman–Crippen LogP) is 0.831. The second-order valence-corrected chi connectivity index (χ2v) is 5.81. The average Bonchev–Trinajstić information content (AvgIpc) is 2.79. The van der Waals surface area contributed by atoms with Crippen molar-refractivity contribution in [2.24, 2.45) is 5.92 Å². The van der Waals surface area contributed by atoms with Crippen molar-refractivity contribution in [1.82, 2.24) is 0 Å². The second kappa shape index (κ2) is 4.15. The molecule has 6 nitrogen and oxygen atoms in total. The van der Waals surface area contributed by atoms with Crippen molar-refractivity contribution < 1.29 is 28.5 Å². The lowest BCUT2D eigenvalue weighted by atomic mass is 9.66. The van der Waals surface area contributed by atoms with Crippen LogP contribution in [0, 0.1) is 5.92 Å². The summed E-state index contributed by atoms with van der Waals surface area (Å²) in [5.74, 6) is -1.24.